The Morgan fingerprint density at radius 3 is 2.62 bits per heavy atom. The molecule has 0 aliphatic carbocycles. The number of pyridine rings is 1. The summed E-state index contributed by atoms with van der Waals surface area (Å²) in [7, 11) is 0. The molecule has 0 bridgehead atoms. The average molecular weight is 409 g/mol. The van der Waals surface area contributed by atoms with Crippen LogP contribution < -0.4 is 4.90 Å². The number of piperidine rings is 1. The number of nitrogens with zero attached hydrogens (tertiary/aromatic N) is 4. The molecule has 2 aliphatic heterocycles. The lowest BCUT2D eigenvalue weighted by atomic mass is 10.0. The van der Waals surface area contributed by atoms with Gasteiger partial charge in [0, 0.05) is 37.6 Å². The van der Waals surface area contributed by atoms with Gasteiger partial charge in [0.1, 0.15) is 12.4 Å². The van der Waals surface area contributed by atoms with Crippen LogP contribution in [-0.2, 0) is 13.1 Å². The molecule has 1 atom stereocenters. The Morgan fingerprint density at radius 1 is 1.07 bits per heavy atom. The van der Waals surface area contributed by atoms with E-state index in [-0.39, 0.29) is 0 Å². The van der Waals surface area contributed by atoms with Crippen molar-refractivity contribution in [3.8, 4) is 0 Å². The summed E-state index contributed by atoms with van der Waals surface area (Å²) >= 11 is 1.96. The molecule has 2 aromatic heterocycles. The lowest BCUT2D eigenvalue weighted by Crippen LogP contribution is -2.36. The van der Waals surface area contributed by atoms with Crippen LogP contribution in [0.2, 0.25) is 0 Å². The monoisotopic (exact) mass is 408 g/mol. The molecule has 2 aliphatic rings. The second-order valence-corrected chi connectivity index (χ2v) is 8.99. The maximum absolute atomic E-state index is 10.7. The van der Waals surface area contributed by atoms with Crippen LogP contribution in [0.15, 0.2) is 59.5 Å². The average Bonchev–Trinajstić information content (AvgIpc) is 3.43. The number of benzene rings is 1. The van der Waals surface area contributed by atoms with E-state index in [1.165, 1.54) is 11.1 Å². The third kappa shape index (κ3) is 4.03. The number of hydrogen-bond donors (Lipinski definition) is 1. The number of anilines is 1. The Labute approximate surface area is 174 Å². The predicted molar refractivity (Wildman–Crippen MR) is 113 cm³/mol. The summed E-state index contributed by atoms with van der Waals surface area (Å²) < 4.78 is 7.84. The molecule has 1 N–H and O–H groups in total. The fourth-order valence-corrected chi connectivity index (χ4v) is 5.31. The van der Waals surface area contributed by atoms with Gasteiger partial charge in [0.05, 0.1) is 11.9 Å². The van der Waals surface area contributed by atoms with E-state index < -0.39 is 6.10 Å². The smallest absolute Gasteiger partial charge is 0.297 e. The van der Waals surface area contributed by atoms with Crippen LogP contribution in [0, 0.1) is 0 Å². The molecule has 150 valence electrons. The van der Waals surface area contributed by atoms with Gasteiger partial charge < -0.3 is 14.4 Å². The number of aromatic nitrogens is 2. The third-order valence-electron chi connectivity index (χ3n) is 5.62. The highest BCUT2D eigenvalue weighted by atomic mass is 32.2. The lowest BCUT2D eigenvalue weighted by Gasteiger charge is -2.32. The molecule has 5 rings (SSSR count). The number of aliphatic hydroxyl groups is 1. The van der Waals surface area contributed by atoms with Crippen LogP contribution in [0.25, 0.3) is 0 Å². The first kappa shape index (κ1) is 18.7. The number of hydrogen-bond acceptors (Lipinski definition) is 7. The summed E-state index contributed by atoms with van der Waals surface area (Å²) in [6, 6.07) is 12.5. The topological polar surface area (TPSA) is 65.6 Å². The van der Waals surface area contributed by atoms with Gasteiger partial charge in [-0.05, 0) is 35.6 Å². The second kappa shape index (κ2) is 8.18. The molecule has 1 saturated heterocycles. The van der Waals surface area contributed by atoms with Gasteiger partial charge in [-0.2, -0.15) is 0 Å². The largest absolute Gasteiger partial charge is 0.432 e. The summed E-state index contributed by atoms with van der Waals surface area (Å²) in [5, 5.41) is 11.3. The molecule has 1 aromatic carbocycles. The van der Waals surface area contributed by atoms with E-state index in [9.17, 15) is 5.11 Å². The molecule has 29 heavy (non-hydrogen) atoms. The molecule has 0 spiro atoms. The highest BCUT2D eigenvalue weighted by Gasteiger charge is 2.28. The summed E-state index contributed by atoms with van der Waals surface area (Å²) in [6.07, 6.45) is 6.83. The van der Waals surface area contributed by atoms with Crippen LogP contribution in [0.5, 0.6) is 0 Å². The summed E-state index contributed by atoms with van der Waals surface area (Å²) in [5.41, 5.74) is 4.14. The van der Waals surface area contributed by atoms with Crippen molar-refractivity contribution in [3.05, 3.63) is 77.4 Å². The number of oxazole rings is 1. The summed E-state index contributed by atoms with van der Waals surface area (Å²) in [5.74, 6) is 0. The van der Waals surface area contributed by atoms with Crippen LogP contribution in [0.1, 0.15) is 41.3 Å². The minimum Gasteiger partial charge on any atom is -0.432 e. The first-order valence-electron chi connectivity index (χ1n) is 10.0. The van der Waals surface area contributed by atoms with Crippen molar-refractivity contribution < 1.29 is 9.52 Å². The molecular formula is C22H24N4O2S. The SMILES string of the molecule is OC(c1ccccc1)c1cc2c(cn1)CN(SC1CCN(c3ncco3)CC1)C2. The molecule has 3 aromatic rings. The van der Waals surface area contributed by atoms with Gasteiger partial charge in [-0.25, -0.2) is 9.29 Å². The maximum atomic E-state index is 10.7. The molecule has 1 fully saturated rings. The van der Waals surface area contributed by atoms with Crippen LogP contribution in [0.3, 0.4) is 0 Å². The molecule has 7 heteroatoms. The number of rotatable bonds is 5. The Morgan fingerprint density at radius 2 is 1.86 bits per heavy atom. The zero-order valence-electron chi connectivity index (χ0n) is 16.1. The van der Waals surface area contributed by atoms with E-state index in [2.05, 4.69) is 25.2 Å². The first-order chi connectivity index (χ1) is 14.3. The summed E-state index contributed by atoms with van der Waals surface area (Å²) in [6.45, 7) is 3.77. The van der Waals surface area contributed by atoms with Crippen molar-refractivity contribution in [1.29, 1.82) is 0 Å². The van der Waals surface area contributed by atoms with Crippen molar-refractivity contribution in [1.82, 2.24) is 14.3 Å². The van der Waals surface area contributed by atoms with E-state index in [4.69, 9.17) is 4.42 Å². The molecule has 1 unspecified atom stereocenters. The molecule has 6 nitrogen and oxygen atoms in total. The van der Waals surface area contributed by atoms with Crippen LogP contribution in [0.4, 0.5) is 6.01 Å². The zero-order valence-corrected chi connectivity index (χ0v) is 17.0. The van der Waals surface area contributed by atoms with Gasteiger partial charge in [-0.1, -0.05) is 42.3 Å². The van der Waals surface area contributed by atoms with Crippen molar-refractivity contribution in [3.63, 3.8) is 0 Å². The molecule has 4 heterocycles. The van der Waals surface area contributed by atoms with Crippen LogP contribution >= 0.6 is 11.9 Å². The highest BCUT2D eigenvalue weighted by molar-refractivity contribution is 7.97. The van der Waals surface area contributed by atoms with E-state index >= 15 is 0 Å². The quantitative estimate of drug-likeness (QED) is 0.645. The molecular weight excluding hydrogens is 384 g/mol. The van der Waals surface area contributed by atoms with Gasteiger partial charge >= 0.3 is 0 Å². The van der Waals surface area contributed by atoms with Gasteiger partial charge in [-0.3, -0.25) is 4.98 Å². The molecule has 0 radical (unpaired) electrons. The van der Waals surface area contributed by atoms with E-state index in [0.717, 1.165) is 56.3 Å². The van der Waals surface area contributed by atoms with E-state index in [1.54, 1.807) is 12.5 Å². The normalized spacial score (nSPS) is 18.7. The fourth-order valence-electron chi connectivity index (χ4n) is 4.03. The number of aliphatic hydroxyl groups excluding tert-OH is 1. The maximum Gasteiger partial charge on any atom is 0.297 e. The van der Waals surface area contributed by atoms with Gasteiger partial charge in [-0.15, -0.1) is 0 Å². The Kier molecular flexibility index (Phi) is 5.26. The third-order valence-corrected chi connectivity index (χ3v) is 6.95. The van der Waals surface area contributed by atoms with Crippen molar-refractivity contribution in [2.24, 2.45) is 0 Å². The Balaban J connectivity index is 1.19. The number of fused-ring (bicyclic) bond motifs is 1. The zero-order chi connectivity index (χ0) is 19.6. The molecule has 0 saturated carbocycles. The van der Waals surface area contributed by atoms with Crippen molar-refractivity contribution >= 4 is 18.0 Å². The van der Waals surface area contributed by atoms with E-state index in [0.29, 0.717) is 5.25 Å². The van der Waals surface area contributed by atoms with Gasteiger partial charge in [0.15, 0.2) is 0 Å². The van der Waals surface area contributed by atoms with Gasteiger partial charge in [0.2, 0.25) is 0 Å². The fraction of sp³-hybridized carbons (Fsp3) is 0.364. The standard InChI is InChI=1S/C22H24N4O2S/c27-21(16-4-2-1-3-5-16)20-12-17-14-26(15-18(17)13-24-20)29-19-6-9-25(10-7-19)22-23-8-11-28-22/h1-5,8,11-13,19,21,27H,6-7,9-10,14-15H2. The molecule has 0 amide bonds. The van der Waals surface area contributed by atoms with Crippen molar-refractivity contribution in [2.75, 3.05) is 18.0 Å². The minimum absolute atomic E-state index is 0.609. The first-order valence-corrected chi connectivity index (χ1v) is 10.9. The van der Waals surface area contributed by atoms with Gasteiger partial charge in [0.25, 0.3) is 6.01 Å². The highest BCUT2D eigenvalue weighted by Crippen LogP contribution is 2.35. The summed E-state index contributed by atoms with van der Waals surface area (Å²) in [4.78, 5) is 11.0. The minimum atomic E-state index is -0.678. The Hall–Kier alpha value is -2.35. The predicted octanol–water partition coefficient (Wildman–Crippen LogP) is 3.78. The van der Waals surface area contributed by atoms with E-state index in [1.807, 2.05) is 48.5 Å². The lowest BCUT2D eigenvalue weighted by molar-refractivity contribution is 0.215. The van der Waals surface area contributed by atoms with Crippen molar-refractivity contribution in [2.45, 2.75) is 37.3 Å². The second-order valence-electron chi connectivity index (χ2n) is 7.60. The van der Waals surface area contributed by atoms with Crippen LogP contribution in [-0.4, -0.2) is 37.7 Å². The Bertz CT molecular complexity index is 943.